The highest BCUT2D eigenvalue weighted by molar-refractivity contribution is 5.82. The molecule has 1 aliphatic carbocycles. The van der Waals surface area contributed by atoms with Crippen molar-refractivity contribution >= 4 is 5.91 Å². The zero-order valence-electron chi connectivity index (χ0n) is 11.2. The minimum Gasteiger partial charge on any atom is -0.355 e. The molecule has 1 fully saturated rings. The first-order valence-corrected chi connectivity index (χ1v) is 7.01. The fraction of sp³-hybridized carbons (Fsp3) is 0.769. The fourth-order valence-corrected chi connectivity index (χ4v) is 2.71. The van der Waals surface area contributed by atoms with Crippen molar-refractivity contribution in [1.82, 2.24) is 15.5 Å². The molecule has 6 nitrogen and oxygen atoms in total. The Morgan fingerprint density at radius 2 is 2.11 bits per heavy atom. The summed E-state index contributed by atoms with van der Waals surface area (Å²) in [5.41, 5.74) is 5.50. The summed E-state index contributed by atoms with van der Waals surface area (Å²) < 4.78 is 4.90. The lowest BCUT2D eigenvalue weighted by atomic mass is 9.79. The van der Waals surface area contributed by atoms with Crippen molar-refractivity contribution in [3.05, 3.63) is 12.2 Å². The number of carbonyl (C=O) groups is 1. The van der Waals surface area contributed by atoms with Crippen molar-refractivity contribution in [1.29, 1.82) is 0 Å². The van der Waals surface area contributed by atoms with Crippen LogP contribution in [0, 0.1) is 5.41 Å². The summed E-state index contributed by atoms with van der Waals surface area (Å²) in [6.45, 7) is 0.947. The van der Waals surface area contributed by atoms with Gasteiger partial charge in [0, 0.05) is 19.5 Å². The molecular formula is C13H22N4O2. The predicted molar refractivity (Wildman–Crippen MR) is 70.2 cm³/mol. The van der Waals surface area contributed by atoms with E-state index in [-0.39, 0.29) is 11.3 Å². The van der Waals surface area contributed by atoms with Gasteiger partial charge in [-0.25, -0.2) is 0 Å². The SMILES string of the molecule is NCC1(C(=O)NCCc2ncno2)CCCCCC1. The van der Waals surface area contributed by atoms with Crippen LogP contribution < -0.4 is 11.1 Å². The lowest BCUT2D eigenvalue weighted by Crippen LogP contribution is -2.46. The molecule has 0 radical (unpaired) electrons. The molecule has 106 valence electrons. The number of nitrogens with one attached hydrogen (secondary N) is 1. The summed E-state index contributed by atoms with van der Waals surface area (Å²) in [5.74, 6) is 0.624. The third-order valence-corrected chi connectivity index (χ3v) is 3.96. The van der Waals surface area contributed by atoms with Crippen LogP contribution >= 0.6 is 0 Å². The Morgan fingerprint density at radius 3 is 2.68 bits per heavy atom. The molecular weight excluding hydrogens is 244 g/mol. The van der Waals surface area contributed by atoms with Gasteiger partial charge in [0.05, 0.1) is 5.41 Å². The monoisotopic (exact) mass is 266 g/mol. The van der Waals surface area contributed by atoms with Crippen LogP contribution in [0.15, 0.2) is 10.9 Å². The lowest BCUT2D eigenvalue weighted by Gasteiger charge is -2.29. The molecule has 1 aromatic rings. The first kappa shape index (κ1) is 14.0. The Bertz CT molecular complexity index is 383. The second-order valence-corrected chi connectivity index (χ2v) is 5.24. The number of amides is 1. The number of hydrogen-bond donors (Lipinski definition) is 2. The first-order valence-electron chi connectivity index (χ1n) is 7.01. The van der Waals surface area contributed by atoms with Crippen LogP contribution in [0.25, 0.3) is 0 Å². The van der Waals surface area contributed by atoms with E-state index in [1.807, 2.05) is 0 Å². The van der Waals surface area contributed by atoms with Gasteiger partial charge in [-0.3, -0.25) is 4.79 Å². The molecule has 1 heterocycles. The van der Waals surface area contributed by atoms with Crippen LogP contribution in [-0.2, 0) is 11.2 Å². The Hall–Kier alpha value is -1.43. The number of nitrogens with zero attached hydrogens (tertiary/aromatic N) is 2. The summed E-state index contributed by atoms with van der Waals surface area (Å²) in [6.07, 6.45) is 8.32. The third kappa shape index (κ3) is 3.53. The van der Waals surface area contributed by atoms with E-state index in [4.69, 9.17) is 10.3 Å². The van der Waals surface area contributed by atoms with Gasteiger partial charge in [-0.05, 0) is 12.8 Å². The number of hydrogen-bond acceptors (Lipinski definition) is 5. The quantitative estimate of drug-likeness (QED) is 0.776. The average Bonchev–Trinajstić information content (AvgIpc) is 2.82. The molecule has 0 saturated heterocycles. The molecule has 19 heavy (non-hydrogen) atoms. The van der Waals surface area contributed by atoms with E-state index in [9.17, 15) is 4.79 Å². The summed E-state index contributed by atoms with van der Waals surface area (Å²) in [7, 11) is 0. The summed E-state index contributed by atoms with van der Waals surface area (Å²) in [5, 5.41) is 6.50. The van der Waals surface area contributed by atoms with E-state index in [0.717, 1.165) is 25.7 Å². The minimum absolute atomic E-state index is 0.0800. The highest BCUT2D eigenvalue weighted by Crippen LogP contribution is 2.34. The number of aromatic nitrogens is 2. The lowest BCUT2D eigenvalue weighted by molar-refractivity contribution is -0.131. The molecule has 0 spiro atoms. The summed E-state index contributed by atoms with van der Waals surface area (Å²) >= 11 is 0. The zero-order chi connectivity index (χ0) is 13.6. The topological polar surface area (TPSA) is 94.0 Å². The highest BCUT2D eigenvalue weighted by atomic mass is 16.5. The van der Waals surface area contributed by atoms with Crippen LogP contribution in [0.2, 0.25) is 0 Å². The second-order valence-electron chi connectivity index (χ2n) is 5.24. The van der Waals surface area contributed by atoms with Crippen molar-refractivity contribution < 1.29 is 9.32 Å². The van der Waals surface area contributed by atoms with Gasteiger partial charge < -0.3 is 15.6 Å². The molecule has 0 unspecified atom stereocenters. The number of rotatable bonds is 5. The van der Waals surface area contributed by atoms with E-state index in [0.29, 0.717) is 25.4 Å². The van der Waals surface area contributed by atoms with Crippen molar-refractivity contribution in [2.24, 2.45) is 11.1 Å². The molecule has 0 aliphatic heterocycles. The van der Waals surface area contributed by atoms with Gasteiger partial charge in [0.25, 0.3) is 0 Å². The van der Waals surface area contributed by atoms with Crippen LogP contribution in [0.1, 0.15) is 44.4 Å². The van der Waals surface area contributed by atoms with E-state index < -0.39 is 0 Å². The smallest absolute Gasteiger partial charge is 0.228 e. The molecule has 0 atom stereocenters. The van der Waals surface area contributed by atoms with Gasteiger partial charge in [-0.1, -0.05) is 30.8 Å². The summed E-state index contributed by atoms with van der Waals surface area (Å²) in [4.78, 5) is 16.3. The van der Waals surface area contributed by atoms with Crippen LogP contribution in [0.3, 0.4) is 0 Å². The molecule has 1 amide bonds. The first-order chi connectivity index (χ1) is 9.27. The number of carbonyl (C=O) groups excluding carboxylic acids is 1. The van der Waals surface area contributed by atoms with Gasteiger partial charge in [-0.15, -0.1) is 0 Å². The summed E-state index contributed by atoms with van der Waals surface area (Å²) in [6, 6.07) is 0. The van der Waals surface area contributed by atoms with Gasteiger partial charge in [0.15, 0.2) is 6.33 Å². The molecule has 6 heteroatoms. The minimum atomic E-state index is -0.370. The molecule has 1 aromatic heterocycles. The Kier molecular flexibility index (Phi) is 4.90. The number of nitrogens with two attached hydrogens (primary N) is 1. The molecule has 3 N–H and O–H groups in total. The van der Waals surface area contributed by atoms with Gasteiger partial charge in [0.1, 0.15) is 0 Å². The maximum Gasteiger partial charge on any atom is 0.228 e. The maximum atomic E-state index is 12.4. The van der Waals surface area contributed by atoms with E-state index in [2.05, 4.69) is 15.5 Å². The normalized spacial score (nSPS) is 18.8. The predicted octanol–water partition coefficient (Wildman–Crippen LogP) is 1.03. The standard InChI is InChI=1S/C13H22N4O2/c14-9-13(6-3-1-2-4-7-13)12(18)15-8-5-11-16-10-17-19-11/h10H,1-9,14H2,(H,15,18). The van der Waals surface area contributed by atoms with Crippen molar-refractivity contribution in [2.75, 3.05) is 13.1 Å². The van der Waals surface area contributed by atoms with Gasteiger partial charge in [-0.2, -0.15) is 4.98 Å². The third-order valence-electron chi connectivity index (χ3n) is 3.96. The second kappa shape index (κ2) is 6.65. The Morgan fingerprint density at radius 1 is 1.37 bits per heavy atom. The van der Waals surface area contributed by atoms with E-state index in [1.165, 1.54) is 19.2 Å². The van der Waals surface area contributed by atoms with Crippen molar-refractivity contribution in [3.63, 3.8) is 0 Å². The maximum absolute atomic E-state index is 12.4. The average molecular weight is 266 g/mol. The van der Waals surface area contributed by atoms with Gasteiger partial charge >= 0.3 is 0 Å². The van der Waals surface area contributed by atoms with Crippen LogP contribution in [0.4, 0.5) is 0 Å². The van der Waals surface area contributed by atoms with E-state index in [1.54, 1.807) is 0 Å². The Balaban J connectivity index is 1.85. The van der Waals surface area contributed by atoms with Crippen LogP contribution in [-0.4, -0.2) is 29.1 Å². The molecule has 0 aromatic carbocycles. The van der Waals surface area contributed by atoms with Crippen LogP contribution in [0.5, 0.6) is 0 Å². The molecule has 1 aliphatic rings. The van der Waals surface area contributed by atoms with Crippen molar-refractivity contribution in [2.45, 2.75) is 44.9 Å². The fourth-order valence-electron chi connectivity index (χ4n) is 2.71. The van der Waals surface area contributed by atoms with Gasteiger partial charge in [0.2, 0.25) is 11.8 Å². The highest BCUT2D eigenvalue weighted by Gasteiger charge is 2.36. The molecule has 0 bridgehead atoms. The molecule has 2 rings (SSSR count). The molecule has 1 saturated carbocycles. The zero-order valence-corrected chi connectivity index (χ0v) is 11.2. The Labute approximate surface area is 113 Å². The largest absolute Gasteiger partial charge is 0.355 e. The van der Waals surface area contributed by atoms with E-state index >= 15 is 0 Å². The van der Waals surface area contributed by atoms with Crippen molar-refractivity contribution in [3.8, 4) is 0 Å².